The fourth-order valence-electron chi connectivity index (χ4n) is 3.71. The number of fused-ring (bicyclic) bond motifs is 1. The third-order valence-electron chi connectivity index (χ3n) is 4.85. The number of aromatic nitrogens is 1. The number of aliphatic imine (C=N–C) groups is 1. The van der Waals surface area contributed by atoms with Crippen molar-refractivity contribution in [2.45, 2.75) is 24.8 Å². The molecule has 25 heavy (non-hydrogen) atoms. The van der Waals surface area contributed by atoms with Crippen LogP contribution in [0, 0.1) is 11.7 Å². The Kier molecular flexibility index (Phi) is 4.24. The molecule has 2 aromatic rings. The van der Waals surface area contributed by atoms with Crippen molar-refractivity contribution in [3.8, 4) is 0 Å². The lowest BCUT2D eigenvalue weighted by molar-refractivity contribution is 0.102. The maximum Gasteiger partial charge on any atom is 0.284 e. The van der Waals surface area contributed by atoms with E-state index in [0.29, 0.717) is 21.4 Å². The van der Waals surface area contributed by atoms with Crippen molar-refractivity contribution in [3.63, 3.8) is 0 Å². The SMILES string of the molecule is NC1=N[C@@]2(c3cc(NC(=O)c4nccs4)ccc3F)CCC[C@H]2CS1. The quantitative estimate of drug-likeness (QED) is 0.858. The van der Waals surface area contributed by atoms with Gasteiger partial charge >= 0.3 is 0 Å². The van der Waals surface area contributed by atoms with Crippen LogP contribution in [-0.4, -0.2) is 21.8 Å². The summed E-state index contributed by atoms with van der Waals surface area (Å²) >= 11 is 2.80. The van der Waals surface area contributed by atoms with E-state index in [9.17, 15) is 9.18 Å². The second-order valence-corrected chi connectivity index (χ2v) is 8.20. The molecule has 5 nitrogen and oxygen atoms in total. The number of thiazole rings is 1. The minimum absolute atomic E-state index is 0.268. The van der Waals surface area contributed by atoms with Gasteiger partial charge in [-0.1, -0.05) is 18.2 Å². The second-order valence-electron chi connectivity index (χ2n) is 6.26. The maximum absolute atomic E-state index is 14.7. The van der Waals surface area contributed by atoms with Crippen LogP contribution in [0.1, 0.15) is 34.6 Å². The zero-order chi connectivity index (χ0) is 17.4. The molecule has 4 rings (SSSR count). The molecule has 130 valence electrons. The van der Waals surface area contributed by atoms with Crippen LogP contribution in [0.2, 0.25) is 0 Å². The highest BCUT2D eigenvalue weighted by atomic mass is 32.2. The van der Waals surface area contributed by atoms with Crippen LogP contribution in [0.3, 0.4) is 0 Å². The van der Waals surface area contributed by atoms with Crippen LogP contribution in [-0.2, 0) is 5.54 Å². The van der Waals surface area contributed by atoms with Gasteiger partial charge < -0.3 is 11.1 Å². The van der Waals surface area contributed by atoms with Crippen LogP contribution in [0.4, 0.5) is 10.1 Å². The molecule has 8 heteroatoms. The molecule has 0 saturated heterocycles. The number of thioether (sulfide) groups is 1. The summed E-state index contributed by atoms with van der Waals surface area (Å²) < 4.78 is 14.7. The highest BCUT2D eigenvalue weighted by Gasteiger charge is 2.48. The first-order chi connectivity index (χ1) is 12.1. The van der Waals surface area contributed by atoms with Gasteiger partial charge in [-0.05, 0) is 37.0 Å². The van der Waals surface area contributed by atoms with Crippen LogP contribution >= 0.6 is 23.1 Å². The minimum atomic E-state index is -0.610. The predicted molar refractivity (Wildman–Crippen MR) is 99.6 cm³/mol. The highest BCUT2D eigenvalue weighted by molar-refractivity contribution is 8.13. The number of amidine groups is 1. The Labute approximate surface area is 152 Å². The molecule has 1 aliphatic heterocycles. The number of halogens is 1. The Hall–Kier alpha value is -1.93. The molecule has 1 aromatic carbocycles. The molecule has 1 aliphatic carbocycles. The lowest BCUT2D eigenvalue weighted by Crippen LogP contribution is -2.37. The Morgan fingerprint density at radius 3 is 3.12 bits per heavy atom. The van der Waals surface area contributed by atoms with Gasteiger partial charge in [-0.2, -0.15) is 0 Å². The summed E-state index contributed by atoms with van der Waals surface area (Å²) in [5.41, 5.74) is 6.42. The number of carbonyl (C=O) groups is 1. The number of hydrogen-bond donors (Lipinski definition) is 2. The number of nitrogens with one attached hydrogen (secondary N) is 1. The van der Waals surface area contributed by atoms with Crippen LogP contribution in [0.25, 0.3) is 0 Å². The average Bonchev–Trinajstić information content (AvgIpc) is 3.25. The predicted octanol–water partition coefficient (Wildman–Crippen LogP) is 3.59. The van der Waals surface area contributed by atoms with Crippen molar-refractivity contribution in [1.29, 1.82) is 0 Å². The smallest absolute Gasteiger partial charge is 0.284 e. The van der Waals surface area contributed by atoms with Crippen molar-refractivity contribution in [1.82, 2.24) is 4.98 Å². The molecule has 2 aliphatic rings. The van der Waals surface area contributed by atoms with Gasteiger partial charge in [0.05, 0.1) is 5.54 Å². The molecule has 0 unspecified atom stereocenters. The first kappa shape index (κ1) is 16.5. The molecule has 1 saturated carbocycles. The summed E-state index contributed by atoms with van der Waals surface area (Å²) in [4.78, 5) is 20.9. The molecular weight excluding hydrogens is 359 g/mol. The second kappa shape index (κ2) is 6.42. The summed E-state index contributed by atoms with van der Waals surface area (Å²) in [6, 6.07) is 4.66. The van der Waals surface area contributed by atoms with E-state index >= 15 is 0 Å². The number of rotatable bonds is 3. The number of hydrogen-bond acceptors (Lipinski definition) is 6. The molecule has 0 radical (unpaired) electrons. The van der Waals surface area contributed by atoms with E-state index in [-0.39, 0.29) is 17.6 Å². The third kappa shape index (κ3) is 2.93. The monoisotopic (exact) mass is 376 g/mol. The molecule has 1 fully saturated rings. The van der Waals surface area contributed by atoms with Gasteiger partial charge in [0, 0.05) is 28.6 Å². The Morgan fingerprint density at radius 2 is 2.32 bits per heavy atom. The zero-order valence-corrected chi connectivity index (χ0v) is 15.0. The Morgan fingerprint density at radius 1 is 1.44 bits per heavy atom. The molecule has 3 N–H and O–H groups in total. The Balaban J connectivity index is 1.70. The van der Waals surface area contributed by atoms with E-state index in [1.165, 1.54) is 29.2 Å². The fourth-order valence-corrected chi connectivity index (χ4v) is 5.29. The lowest BCUT2D eigenvalue weighted by atomic mass is 9.81. The van der Waals surface area contributed by atoms with E-state index in [1.54, 1.807) is 23.7 Å². The van der Waals surface area contributed by atoms with Gasteiger partial charge in [0.25, 0.3) is 5.91 Å². The first-order valence-electron chi connectivity index (χ1n) is 8.07. The summed E-state index contributed by atoms with van der Waals surface area (Å²) in [6.45, 7) is 0. The number of amides is 1. The number of carbonyl (C=O) groups excluding carboxylic acids is 1. The van der Waals surface area contributed by atoms with Gasteiger partial charge in [-0.3, -0.25) is 9.79 Å². The molecule has 2 heterocycles. The third-order valence-corrected chi connectivity index (χ3v) is 6.57. The normalized spacial score (nSPS) is 25.3. The Bertz CT molecular complexity index is 839. The largest absolute Gasteiger partial charge is 0.379 e. The van der Waals surface area contributed by atoms with Crippen molar-refractivity contribution in [2.24, 2.45) is 16.6 Å². The molecule has 0 spiro atoms. The van der Waals surface area contributed by atoms with E-state index in [0.717, 1.165) is 25.0 Å². The first-order valence-corrected chi connectivity index (χ1v) is 9.94. The topological polar surface area (TPSA) is 80.4 Å². The van der Waals surface area contributed by atoms with Gasteiger partial charge in [-0.25, -0.2) is 9.37 Å². The fraction of sp³-hybridized carbons (Fsp3) is 0.353. The molecular formula is C17H17FN4OS2. The van der Waals surface area contributed by atoms with Gasteiger partial charge in [-0.15, -0.1) is 11.3 Å². The molecule has 0 bridgehead atoms. The summed E-state index contributed by atoms with van der Waals surface area (Å²) in [6.07, 6.45) is 4.37. The lowest BCUT2D eigenvalue weighted by Gasteiger charge is -2.36. The van der Waals surface area contributed by atoms with Crippen LogP contribution in [0.15, 0.2) is 34.8 Å². The molecule has 1 amide bonds. The van der Waals surface area contributed by atoms with Crippen molar-refractivity contribution < 1.29 is 9.18 Å². The number of benzene rings is 1. The minimum Gasteiger partial charge on any atom is -0.379 e. The average molecular weight is 376 g/mol. The van der Waals surface area contributed by atoms with Gasteiger partial charge in [0.2, 0.25) is 0 Å². The number of nitrogens with zero attached hydrogens (tertiary/aromatic N) is 2. The van der Waals surface area contributed by atoms with Gasteiger partial charge in [0.1, 0.15) is 5.82 Å². The molecule has 1 aromatic heterocycles. The highest BCUT2D eigenvalue weighted by Crippen LogP contribution is 2.51. The maximum atomic E-state index is 14.7. The van der Waals surface area contributed by atoms with E-state index in [2.05, 4.69) is 15.3 Å². The summed E-state index contributed by atoms with van der Waals surface area (Å²) in [7, 11) is 0. The van der Waals surface area contributed by atoms with Crippen LogP contribution in [0.5, 0.6) is 0 Å². The summed E-state index contributed by atoms with van der Waals surface area (Å²) in [5, 5.41) is 5.42. The molecule has 2 atom stereocenters. The van der Waals surface area contributed by atoms with Crippen LogP contribution < -0.4 is 11.1 Å². The van der Waals surface area contributed by atoms with Crippen molar-refractivity contribution >= 4 is 39.9 Å². The van der Waals surface area contributed by atoms with E-state index in [4.69, 9.17) is 5.73 Å². The van der Waals surface area contributed by atoms with E-state index < -0.39 is 5.54 Å². The standard InChI is InChI=1S/C17H17FN4OS2/c18-13-4-3-11(21-14(23)15-20-6-7-24-15)8-12(13)17-5-1-2-10(17)9-25-16(19)22-17/h3-4,6-8,10H,1-2,5,9H2,(H2,19,22)(H,21,23)/t10-,17-/m0/s1. The van der Waals surface area contributed by atoms with Crippen molar-refractivity contribution in [3.05, 3.63) is 46.2 Å². The van der Waals surface area contributed by atoms with E-state index in [1.807, 2.05) is 0 Å². The van der Waals surface area contributed by atoms with Crippen molar-refractivity contribution in [2.75, 3.05) is 11.1 Å². The number of nitrogens with two attached hydrogens (primary N) is 1. The number of anilines is 1. The zero-order valence-electron chi connectivity index (χ0n) is 13.4. The van der Waals surface area contributed by atoms with Gasteiger partial charge in [0.15, 0.2) is 10.2 Å². The summed E-state index contributed by atoms with van der Waals surface area (Å²) in [5.74, 6) is 0.520.